The van der Waals surface area contributed by atoms with Crippen molar-refractivity contribution >= 4 is 5.97 Å². The Bertz CT molecular complexity index is 572. The van der Waals surface area contributed by atoms with Crippen LogP contribution in [0.2, 0.25) is 0 Å². The van der Waals surface area contributed by atoms with Crippen LogP contribution < -0.4 is 4.74 Å². The molecule has 0 spiro atoms. The van der Waals surface area contributed by atoms with E-state index in [9.17, 15) is 4.79 Å². The molecular weight excluding hydrogens is 388 g/mol. The molecule has 1 aromatic rings. The summed E-state index contributed by atoms with van der Waals surface area (Å²) in [6.45, 7) is 3.09. The number of esters is 1. The Morgan fingerprint density at radius 3 is 2.42 bits per heavy atom. The average molecular weight is 433 g/mol. The topological polar surface area (TPSA) is 48.7 Å². The second-order valence-corrected chi connectivity index (χ2v) is 8.97. The zero-order valence-electron chi connectivity index (χ0n) is 19.7. The molecule has 1 aliphatic heterocycles. The minimum Gasteiger partial charge on any atom is -0.469 e. The molecule has 2 atom stereocenters. The van der Waals surface area contributed by atoms with E-state index in [2.05, 4.69) is 19.1 Å². The average Bonchev–Trinajstić information content (AvgIpc) is 3.47. The van der Waals surface area contributed by atoms with Crippen LogP contribution in [0, 0.1) is 5.92 Å². The van der Waals surface area contributed by atoms with Gasteiger partial charge in [-0.1, -0.05) is 70.4 Å². The van der Waals surface area contributed by atoms with Gasteiger partial charge in [-0.05, 0) is 51.4 Å². The van der Waals surface area contributed by atoms with E-state index >= 15 is 0 Å². The van der Waals surface area contributed by atoms with Gasteiger partial charge in [-0.25, -0.2) is 0 Å². The van der Waals surface area contributed by atoms with Crippen molar-refractivity contribution in [3.63, 3.8) is 0 Å². The van der Waals surface area contributed by atoms with Gasteiger partial charge in [0.2, 0.25) is 0 Å². The molecule has 0 N–H and O–H groups in total. The first-order chi connectivity index (χ1) is 15.3. The maximum absolute atomic E-state index is 12.6. The molecule has 31 heavy (non-hydrogen) atoms. The quantitative estimate of drug-likeness (QED) is 0.134. The molecule has 1 saturated heterocycles. The predicted molar refractivity (Wildman–Crippen MR) is 126 cm³/mol. The lowest BCUT2D eigenvalue weighted by atomic mass is 9.93. The van der Waals surface area contributed by atoms with Gasteiger partial charge in [0.1, 0.15) is 6.26 Å². The van der Waals surface area contributed by atoms with Crippen molar-refractivity contribution in [1.29, 1.82) is 0 Å². The van der Waals surface area contributed by atoms with Crippen LogP contribution in [0.1, 0.15) is 110 Å². The highest BCUT2D eigenvalue weighted by molar-refractivity contribution is 5.75. The van der Waals surface area contributed by atoms with Gasteiger partial charge in [-0.2, -0.15) is 0 Å². The monoisotopic (exact) mass is 432 g/mol. The fourth-order valence-electron chi connectivity index (χ4n) is 4.27. The number of hydrogen-bond acceptors (Lipinski definition) is 4. The Kier molecular flexibility index (Phi) is 14.1. The van der Waals surface area contributed by atoms with Gasteiger partial charge in [0, 0.05) is 12.7 Å². The molecule has 0 radical (unpaired) electrons. The molecule has 1 aliphatic rings. The van der Waals surface area contributed by atoms with Crippen LogP contribution in [-0.2, 0) is 9.53 Å². The molecule has 0 bridgehead atoms. The van der Waals surface area contributed by atoms with Gasteiger partial charge >= 0.3 is 5.97 Å². The van der Waals surface area contributed by atoms with E-state index in [1.165, 1.54) is 83.2 Å². The van der Waals surface area contributed by atoms with Gasteiger partial charge in [0.15, 0.2) is 5.75 Å². The van der Waals surface area contributed by atoms with Crippen molar-refractivity contribution in [2.75, 3.05) is 6.61 Å². The molecule has 0 amide bonds. The number of unbranched alkanes of at least 4 members (excludes halogenated alkanes) is 10. The lowest BCUT2D eigenvalue weighted by molar-refractivity contribution is -0.140. The van der Waals surface area contributed by atoms with Crippen LogP contribution in [-0.4, -0.2) is 18.7 Å². The Morgan fingerprint density at radius 2 is 1.77 bits per heavy atom. The maximum Gasteiger partial charge on any atom is 0.314 e. The second kappa shape index (κ2) is 17.1. The van der Waals surface area contributed by atoms with Gasteiger partial charge in [-0.3, -0.25) is 4.79 Å². The molecule has 1 fully saturated rings. The van der Waals surface area contributed by atoms with Gasteiger partial charge in [-0.15, -0.1) is 0 Å². The number of rotatable bonds is 18. The van der Waals surface area contributed by atoms with E-state index in [0.717, 1.165) is 38.7 Å². The van der Waals surface area contributed by atoms with Gasteiger partial charge in [0.25, 0.3) is 0 Å². The first-order valence-corrected chi connectivity index (χ1v) is 12.8. The number of furan rings is 1. The van der Waals surface area contributed by atoms with Gasteiger partial charge in [0.05, 0.1) is 18.3 Å². The molecule has 2 unspecified atom stereocenters. The molecule has 0 aromatic carbocycles. The largest absolute Gasteiger partial charge is 0.469 e. The van der Waals surface area contributed by atoms with Crippen molar-refractivity contribution in [3.05, 3.63) is 30.7 Å². The minimum absolute atomic E-state index is 0.0878. The number of carbonyl (C=O) groups is 1. The smallest absolute Gasteiger partial charge is 0.314 e. The zero-order chi connectivity index (χ0) is 22.0. The summed E-state index contributed by atoms with van der Waals surface area (Å²) in [7, 11) is 0. The summed E-state index contributed by atoms with van der Waals surface area (Å²) in [6.07, 6.45) is 27.1. The summed E-state index contributed by atoms with van der Waals surface area (Å²) < 4.78 is 16.3. The van der Waals surface area contributed by atoms with Crippen molar-refractivity contribution < 1.29 is 18.7 Å². The van der Waals surface area contributed by atoms with Crippen LogP contribution in [0.3, 0.4) is 0 Å². The third-order valence-corrected chi connectivity index (χ3v) is 6.18. The van der Waals surface area contributed by atoms with Crippen LogP contribution in [0.15, 0.2) is 35.2 Å². The summed E-state index contributed by atoms with van der Waals surface area (Å²) >= 11 is 0. The van der Waals surface area contributed by atoms with Crippen LogP contribution in [0.25, 0.3) is 0 Å². The Hall–Kier alpha value is -1.55. The van der Waals surface area contributed by atoms with Crippen LogP contribution in [0.5, 0.6) is 5.75 Å². The highest BCUT2D eigenvalue weighted by atomic mass is 16.5. The van der Waals surface area contributed by atoms with E-state index in [4.69, 9.17) is 13.9 Å². The fourth-order valence-corrected chi connectivity index (χ4v) is 4.27. The van der Waals surface area contributed by atoms with Crippen molar-refractivity contribution in [2.45, 2.75) is 116 Å². The molecule has 1 aromatic heterocycles. The molecule has 0 saturated carbocycles. The third-order valence-electron chi connectivity index (χ3n) is 6.18. The molecule has 4 heteroatoms. The zero-order valence-corrected chi connectivity index (χ0v) is 19.7. The maximum atomic E-state index is 12.6. The molecule has 2 rings (SSSR count). The molecule has 0 aliphatic carbocycles. The minimum atomic E-state index is -0.144. The van der Waals surface area contributed by atoms with Crippen LogP contribution in [0.4, 0.5) is 0 Å². The molecular formula is C27H44O4. The standard InChI is InChI=1S/C27H44O4/c1-2-3-4-5-6-7-8-9-10-11-12-13-14-15-17-24(22-25-18-16-20-30-25)27(28)31-26-19-21-29-23-26/h9-10,19,21,23-25H,2-8,11-18,20,22H2,1H3/b10-9+. The van der Waals surface area contributed by atoms with Crippen molar-refractivity contribution in [3.8, 4) is 5.75 Å². The van der Waals surface area contributed by atoms with E-state index < -0.39 is 0 Å². The molecule has 2 heterocycles. The summed E-state index contributed by atoms with van der Waals surface area (Å²) in [5, 5.41) is 0. The first-order valence-electron chi connectivity index (χ1n) is 12.8. The highest BCUT2D eigenvalue weighted by Gasteiger charge is 2.27. The Morgan fingerprint density at radius 1 is 1.06 bits per heavy atom. The normalized spacial score (nSPS) is 17.4. The number of carbonyl (C=O) groups excluding carboxylic acids is 1. The predicted octanol–water partition coefficient (Wildman–Crippen LogP) is 8.02. The second-order valence-electron chi connectivity index (χ2n) is 8.97. The lowest BCUT2D eigenvalue weighted by Crippen LogP contribution is -2.25. The van der Waals surface area contributed by atoms with Crippen LogP contribution >= 0.6 is 0 Å². The van der Waals surface area contributed by atoms with Crippen molar-refractivity contribution in [1.82, 2.24) is 0 Å². The fraction of sp³-hybridized carbons (Fsp3) is 0.741. The molecule has 4 nitrogen and oxygen atoms in total. The Labute approximate surface area is 189 Å². The number of hydrogen-bond donors (Lipinski definition) is 0. The summed E-state index contributed by atoms with van der Waals surface area (Å²) in [4.78, 5) is 12.6. The van der Waals surface area contributed by atoms with Crippen molar-refractivity contribution in [2.24, 2.45) is 5.92 Å². The van der Waals surface area contributed by atoms with E-state index in [1.807, 2.05) is 0 Å². The van der Waals surface area contributed by atoms with E-state index in [-0.39, 0.29) is 18.0 Å². The number of allylic oxidation sites excluding steroid dienone is 2. The van der Waals surface area contributed by atoms with Gasteiger partial charge < -0.3 is 13.9 Å². The number of ether oxygens (including phenoxy) is 2. The summed E-state index contributed by atoms with van der Waals surface area (Å²) in [5.41, 5.74) is 0. The molecule has 176 valence electrons. The first kappa shape index (κ1) is 25.7. The summed E-state index contributed by atoms with van der Waals surface area (Å²) in [5.74, 6) is 0.264. The SMILES string of the molecule is CCCCCCCC/C=C/CCCCCCC(CC1CCCO1)C(=O)Oc1ccoc1. The highest BCUT2D eigenvalue weighted by Crippen LogP contribution is 2.26. The lowest BCUT2D eigenvalue weighted by Gasteiger charge is -2.18. The van der Waals surface area contributed by atoms with E-state index in [1.54, 1.807) is 6.07 Å². The Balaban J connectivity index is 1.53. The third kappa shape index (κ3) is 12.2. The summed E-state index contributed by atoms with van der Waals surface area (Å²) in [6, 6.07) is 1.68. The van der Waals surface area contributed by atoms with E-state index in [0.29, 0.717) is 5.75 Å².